The molecule has 0 aliphatic carbocycles. The van der Waals surface area contributed by atoms with Crippen LogP contribution in [-0.4, -0.2) is 53.5 Å². The van der Waals surface area contributed by atoms with Crippen LogP contribution in [0.25, 0.3) is 0 Å². The fourth-order valence-corrected chi connectivity index (χ4v) is 4.94. The number of carbonyl (C=O) groups excluding carboxylic acids is 2. The van der Waals surface area contributed by atoms with E-state index in [9.17, 15) is 18.4 Å². The molecule has 0 saturated carbocycles. The van der Waals surface area contributed by atoms with E-state index in [2.05, 4.69) is 0 Å². The van der Waals surface area contributed by atoms with Crippen molar-refractivity contribution in [2.45, 2.75) is 31.4 Å². The first kappa shape index (κ1) is 19.1. The maximum absolute atomic E-state index is 14.0. The van der Waals surface area contributed by atoms with Crippen molar-refractivity contribution in [3.05, 3.63) is 35.4 Å². The van der Waals surface area contributed by atoms with E-state index < -0.39 is 5.82 Å². The Morgan fingerprint density at radius 3 is 2.42 bits per heavy atom. The Kier molecular flexibility index (Phi) is 6.16. The molecule has 2 aliphatic rings. The number of likely N-dealkylation sites (tertiary alicyclic amines) is 1. The van der Waals surface area contributed by atoms with Crippen LogP contribution in [0.5, 0.6) is 0 Å². The van der Waals surface area contributed by atoms with Gasteiger partial charge in [-0.3, -0.25) is 9.59 Å². The van der Waals surface area contributed by atoms with E-state index in [0.717, 1.165) is 6.07 Å². The monoisotopic (exact) mass is 382 g/mol. The third kappa shape index (κ3) is 4.37. The number of amides is 2. The molecule has 0 bridgehead atoms. The molecule has 0 spiro atoms. The summed E-state index contributed by atoms with van der Waals surface area (Å²) in [5.74, 6) is 0.0319. The van der Waals surface area contributed by atoms with Crippen LogP contribution >= 0.6 is 11.8 Å². The number of hydrogen-bond acceptors (Lipinski definition) is 3. The summed E-state index contributed by atoms with van der Waals surface area (Å²) in [5.41, 5.74) is 0.388. The number of rotatable bonds is 2. The van der Waals surface area contributed by atoms with Crippen LogP contribution in [0.4, 0.5) is 8.78 Å². The molecule has 7 heteroatoms. The molecule has 0 aromatic heterocycles. The topological polar surface area (TPSA) is 40.6 Å². The molecule has 1 aromatic carbocycles. The molecule has 26 heavy (non-hydrogen) atoms. The average molecular weight is 382 g/mol. The fourth-order valence-electron chi connectivity index (χ4n) is 3.70. The summed E-state index contributed by atoms with van der Waals surface area (Å²) in [5, 5.41) is -0.136. The van der Waals surface area contributed by atoms with Crippen molar-refractivity contribution in [1.29, 1.82) is 0 Å². The average Bonchev–Trinajstić information content (AvgIpc) is 2.89. The van der Waals surface area contributed by atoms with E-state index in [0.29, 0.717) is 56.8 Å². The minimum Gasteiger partial charge on any atom is -0.343 e. The lowest BCUT2D eigenvalue weighted by Crippen LogP contribution is -2.44. The van der Waals surface area contributed by atoms with Crippen molar-refractivity contribution < 1.29 is 18.4 Å². The number of nitrogens with zero attached hydrogens (tertiary/aromatic N) is 2. The molecule has 1 aromatic rings. The van der Waals surface area contributed by atoms with E-state index >= 15 is 0 Å². The van der Waals surface area contributed by atoms with Gasteiger partial charge in [-0.05, 0) is 37.5 Å². The summed E-state index contributed by atoms with van der Waals surface area (Å²) >= 11 is 1.58. The third-order valence-electron chi connectivity index (χ3n) is 5.25. The van der Waals surface area contributed by atoms with Gasteiger partial charge in [0.15, 0.2) is 0 Å². The second-order valence-corrected chi connectivity index (χ2v) is 8.23. The Bertz CT molecular complexity index is 678. The SMILES string of the molecule is CC(=O)N1CCC(C(=O)N2CCS[C@H](c3cc(F)ccc3F)CC2)CC1. The van der Waals surface area contributed by atoms with Crippen molar-refractivity contribution in [3.63, 3.8) is 0 Å². The van der Waals surface area contributed by atoms with Crippen LogP contribution < -0.4 is 0 Å². The van der Waals surface area contributed by atoms with Gasteiger partial charge in [-0.1, -0.05) is 0 Å². The molecule has 3 rings (SSSR count). The molecule has 2 amide bonds. The zero-order valence-corrected chi connectivity index (χ0v) is 15.7. The minimum atomic E-state index is -0.434. The lowest BCUT2D eigenvalue weighted by Gasteiger charge is -2.33. The molecule has 2 fully saturated rings. The molecular weight excluding hydrogens is 358 g/mol. The summed E-state index contributed by atoms with van der Waals surface area (Å²) < 4.78 is 27.5. The number of carbonyl (C=O) groups is 2. The largest absolute Gasteiger partial charge is 0.343 e. The van der Waals surface area contributed by atoms with Gasteiger partial charge >= 0.3 is 0 Å². The summed E-state index contributed by atoms with van der Waals surface area (Å²) in [6.45, 7) is 4.00. The molecule has 2 heterocycles. The number of piperidine rings is 1. The highest BCUT2D eigenvalue weighted by Crippen LogP contribution is 2.36. The molecule has 0 radical (unpaired) electrons. The zero-order chi connectivity index (χ0) is 18.7. The van der Waals surface area contributed by atoms with Crippen molar-refractivity contribution >= 4 is 23.6 Å². The quantitative estimate of drug-likeness (QED) is 0.789. The van der Waals surface area contributed by atoms with Crippen molar-refractivity contribution in [2.75, 3.05) is 31.9 Å². The predicted molar refractivity (Wildman–Crippen MR) is 97.7 cm³/mol. The second-order valence-electron chi connectivity index (χ2n) is 6.92. The highest BCUT2D eigenvalue weighted by atomic mass is 32.2. The molecule has 4 nitrogen and oxygen atoms in total. The van der Waals surface area contributed by atoms with Gasteiger partial charge in [0.2, 0.25) is 11.8 Å². The number of thioether (sulfide) groups is 1. The van der Waals surface area contributed by atoms with Gasteiger partial charge in [-0.25, -0.2) is 8.78 Å². The maximum atomic E-state index is 14.0. The first-order valence-corrected chi connectivity index (χ1v) is 10.1. The van der Waals surface area contributed by atoms with Gasteiger partial charge in [0.1, 0.15) is 11.6 Å². The summed E-state index contributed by atoms with van der Waals surface area (Å²) in [4.78, 5) is 27.9. The van der Waals surface area contributed by atoms with Crippen molar-refractivity contribution in [2.24, 2.45) is 5.92 Å². The Labute approximate surface area is 156 Å². The molecular formula is C19H24F2N2O2S. The van der Waals surface area contributed by atoms with Crippen LogP contribution in [0.15, 0.2) is 18.2 Å². The maximum Gasteiger partial charge on any atom is 0.225 e. The van der Waals surface area contributed by atoms with Gasteiger partial charge in [-0.15, -0.1) is 0 Å². The molecule has 1 atom stereocenters. The van der Waals surface area contributed by atoms with E-state index in [1.165, 1.54) is 12.1 Å². The van der Waals surface area contributed by atoms with E-state index in [1.807, 2.05) is 4.90 Å². The number of hydrogen-bond donors (Lipinski definition) is 0. The van der Waals surface area contributed by atoms with Crippen molar-refractivity contribution in [3.8, 4) is 0 Å². The van der Waals surface area contributed by atoms with Crippen LogP contribution in [0.1, 0.15) is 37.0 Å². The summed E-state index contributed by atoms with van der Waals surface area (Å²) in [7, 11) is 0. The smallest absolute Gasteiger partial charge is 0.225 e. The second kappa shape index (κ2) is 8.37. The Balaban J connectivity index is 1.59. The summed E-state index contributed by atoms with van der Waals surface area (Å²) in [6.07, 6.45) is 2.01. The number of halogens is 2. The fraction of sp³-hybridized carbons (Fsp3) is 0.579. The van der Waals surface area contributed by atoms with Gasteiger partial charge < -0.3 is 9.80 Å². The lowest BCUT2D eigenvalue weighted by atomic mass is 9.95. The molecule has 0 N–H and O–H groups in total. The van der Waals surface area contributed by atoms with E-state index in [1.54, 1.807) is 23.6 Å². The molecule has 2 saturated heterocycles. The van der Waals surface area contributed by atoms with Crippen LogP contribution in [0, 0.1) is 17.6 Å². The van der Waals surface area contributed by atoms with Crippen LogP contribution in [0.3, 0.4) is 0 Å². The normalized spacial score (nSPS) is 22.2. The molecule has 0 unspecified atom stereocenters. The minimum absolute atomic E-state index is 0.0435. The zero-order valence-electron chi connectivity index (χ0n) is 14.9. The van der Waals surface area contributed by atoms with Gasteiger partial charge in [0, 0.05) is 55.6 Å². The highest BCUT2D eigenvalue weighted by Gasteiger charge is 2.31. The molecule has 142 valence electrons. The van der Waals surface area contributed by atoms with Gasteiger partial charge in [0.25, 0.3) is 0 Å². The summed E-state index contributed by atoms with van der Waals surface area (Å²) in [6, 6.07) is 3.56. The van der Waals surface area contributed by atoms with Crippen LogP contribution in [0.2, 0.25) is 0 Å². The molecule has 2 aliphatic heterocycles. The first-order valence-electron chi connectivity index (χ1n) is 9.06. The standard InChI is InChI=1S/C19H24F2N2O2S/c1-13(24)22-7-4-14(5-8-22)19(25)23-9-6-18(26-11-10-23)16-12-15(20)2-3-17(16)21/h2-3,12,14,18H,4-11H2,1H3/t18-/m0/s1. The van der Waals surface area contributed by atoms with E-state index in [4.69, 9.17) is 0 Å². The van der Waals surface area contributed by atoms with E-state index in [-0.39, 0.29) is 28.8 Å². The lowest BCUT2D eigenvalue weighted by molar-refractivity contribution is -0.139. The Hall–Kier alpha value is -1.63. The van der Waals surface area contributed by atoms with Gasteiger partial charge in [0.05, 0.1) is 0 Å². The highest BCUT2D eigenvalue weighted by molar-refractivity contribution is 7.99. The predicted octanol–water partition coefficient (Wildman–Crippen LogP) is 3.23. The third-order valence-corrected chi connectivity index (χ3v) is 6.56. The van der Waals surface area contributed by atoms with Gasteiger partial charge in [-0.2, -0.15) is 11.8 Å². The van der Waals surface area contributed by atoms with Crippen LogP contribution in [-0.2, 0) is 9.59 Å². The number of benzene rings is 1. The Morgan fingerprint density at radius 2 is 1.73 bits per heavy atom. The van der Waals surface area contributed by atoms with Crippen molar-refractivity contribution in [1.82, 2.24) is 9.80 Å². The first-order chi connectivity index (χ1) is 12.5. The Morgan fingerprint density at radius 1 is 1.04 bits per heavy atom.